The Morgan fingerprint density at radius 1 is 1.44 bits per heavy atom. The number of hydrogen-bond donors (Lipinski definition) is 1. The van der Waals surface area contributed by atoms with Crippen molar-refractivity contribution < 1.29 is 0 Å². The second-order valence-corrected chi connectivity index (χ2v) is 5.77. The molecule has 100 valence electrons. The summed E-state index contributed by atoms with van der Waals surface area (Å²) >= 11 is 1.65. The van der Waals surface area contributed by atoms with Gasteiger partial charge in [-0.05, 0) is 32.4 Å². The fraction of sp³-hybridized carbons (Fsp3) is 0.692. The van der Waals surface area contributed by atoms with Gasteiger partial charge in [-0.3, -0.25) is 4.79 Å². The van der Waals surface area contributed by atoms with Crippen LogP contribution in [0.4, 0.5) is 0 Å². The summed E-state index contributed by atoms with van der Waals surface area (Å²) in [7, 11) is 0. The van der Waals surface area contributed by atoms with Crippen molar-refractivity contribution in [3.8, 4) is 0 Å². The van der Waals surface area contributed by atoms with E-state index in [0.717, 1.165) is 36.0 Å². The van der Waals surface area contributed by atoms with E-state index in [2.05, 4.69) is 21.8 Å². The van der Waals surface area contributed by atoms with Crippen molar-refractivity contribution >= 4 is 11.8 Å². The molecule has 18 heavy (non-hydrogen) atoms. The molecule has 1 N–H and O–H groups in total. The molecule has 0 bridgehead atoms. The maximum Gasteiger partial charge on any atom is 0.251 e. The molecule has 0 atom stereocenters. The first kappa shape index (κ1) is 13.6. The van der Waals surface area contributed by atoms with Crippen LogP contribution < -0.4 is 5.56 Å². The number of aromatic amines is 1. The van der Waals surface area contributed by atoms with Gasteiger partial charge in [-0.15, -0.1) is 0 Å². The van der Waals surface area contributed by atoms with Gasteiger partial charge in [0.25, 0.3) is 5.56 Å². The van der Waals surface area contributed by atoms with Gasteiger partial charge in [0.05, 0.1) is 0 Å². The SMILES string of the molecule is CCCc1cc(=O)[nH]c(SCCN2CCCC2)n1. The van der Waals surface area contributed by atoms with E-state index < -0.39 is 0 Å². The van der Waals surface area contributed by atoms with Crippen LogP contribution >= 0.6 is 11.8 Å². The lowest BCUT2D eigenvalue weighted by Gasteiger charge is -2.13. The number of thioether (sulfide) groups is 1. The van der Waals surface area contributed by atoms with Crippen molar-refractivity contribution in [3.63, 3.8) is 0 Å². The largest absolute Gasteiger partial charge is 0.303 e. The molecule has 1 aliphatic heterocycles. The fourth-order valence-corrected chi connectivity index (χ4v) is 3.11. The Labute approximate surface area is 112 Å². The van der Waals surface area contributed by atoms with Gasteiger partial charge in [0.1, 0.15) is 0 Å². The molecule has 1 aromatic rings. The predicted octanol–water partition coefficient (Wildman–Crippen LogP) is 1.91. The molecule has 4 nitrogen and oxygen atoms in total. The van der Waals surface area contributed by atoms with Crippen molar-refractivity contribution in [2.75, 3.05) is 25.4 Å². The standard InChI is InChI=1S/C13H21N3OS/c1-2-5-11-10-12(17)15-13(14-11)18-9-8-16-6-3-4-7-16/h10H,2-9H2,1H3,(H,14,15,17). The third-order valence-electron chi connectivity index (χ3n) is 3.12. The van der Waals surface area contributed by atoms with E-state index in [9.17, 15) is 4.79 Å². The van der Waals surface area contributed by atoms with Crippen LogP contribution in [0, 0.1) is 0 Å². The summed E-state index contributed by atoms with van der Waals surface area (Å²) in [5.74, 6) is 0.999. The van der Waals surface area contributed by atoms with Crippen molar-refractivity contribution in [1.29, 1.82) is 0 Å². The van der Waals surface area contributed by atoms with Gasteiger partial charge in [0.15, 0.2) is 5.16 Å². The Morgan fingerprint density at radius 2 is 2.22 bits per heavy atom. The second-order valence-electron chi connectivity index (χ2n) is 4.69. The molecule has 1 aromatic heterocycles. The summed E-state index contributed by atoms with van der Waals surface area (Å²) in [5.41, 5.74) is 0.877. The number of nitrogens with zero attached hydrogens (tertiary/aromatic N) is 2. The first-order chi connectivity index (χ1) is 8.78. The average Bonchev–Trinajstić information content (AvgIpc) is 2.82. The first-order valence-corrected chi connectivity index (χ1v) is 7.72. The molecule has 0 unspecified atom stereocenters. The van der Waals surface area contributed by atoms with Gasteiger partial charge in [0.2, 0.25) is 0 Å². The minimum atomic E-state index is -0.0304. The van der Waals surface area contributed by atoms with Crippen molar-refractivity contribution in [1.82, 2.24) is 14.9 Å². The summed E-state index contributed by atoms with van der Waals surface area (Å²) in [6.07, 6.45) is 4.55. The minimum Gasteiger partial charge on any atom is -0.303 e. The highest BCUT2D eigenvalue weighted by Gasteiger charge is 2.11. The van der Waals surface area contributed by atoms with Crippen LogP contribution in [0.5, 0.6) is 0 Å². The monoisotopic (exact) mass is 267 g/mol. The van der Waals surface area contributed by atoms with Crippen LogP contribution in [0.2, 0.25) is 0 Å². The molecule has 1 saturated heterocycles. The maximum absolute atomic E-state index is 11.5. The number of aromatic nitrogens is 2. The summed E-state index contributed by atoms with van der Waals surface area (Å²) < 4.78 is 0. The van der Waals surface area contributed by atoms with Crippen LogP contribution in [0.1, 0.15) is 31.9 Å². The molecular formula is C13H21N3OS. The molecule has 0 radical (unpaired) electrons. The summed E-state index contributed by atoms with van der Waals surface area (Å²) in [5, 5.41) is 0.769. The van der Waals surface area contributed by atoms with Crippen LogP contribution in [0.15, 0.2) is 16.0 Å². The zero-order valence-corrected chi connectivity index (χ0v) is 11.8. The van der Waals surface area contributed by atoms with Gasteiger partial charge in [-0.25, -0.2) is 4.98 Å². The lowest BCUT2D eigenvalue weighted by atomic mass is 10.2. The smallest absolute Gasteiger partial charge is 0.251 e. The van der Waals surface area contributed by atoms with Crippen LogP contribution in [-0.2, 0) is 6.42 Å². The number of nitrogens with one attached hydrogen (secondary N) is 1. The Kier molecular flexibility index (Phi) is 5.26. The van der Waals surface area contributed by atoms with E-state index in [4.69, 9.17) is 0 Å². The van der Waals surface area contributed by atoms with Gasteiger partial charge >= 0.3 is 0 Å². The zero-order valence-electron chi connectivity index (χ0n) is 10.9. The highest BCUT2D eigenvalue weighted by molar-refractivity contribution is 7.99. The van der Waals surface area contributed by atoms with Crippen molar-refractivity contribution in [2.24, 2.45) is 0 Å². The second kappa shape index (κ2) is 6.95. The van der Waals surface area contributed by atoms with Gasteiger partial charge < -0.3 is 9.88 Å². The fourth-order valence-electron chi connectivity index (χ4n) is 2.21. The number of aryl methyl sites for hydroxylation is 1. The summed E-state index contributed by atoms with van der Waals surface area (Å²) in [4.78, 5) is 21.2. The molecule has 1 aliphatic rings. The van der Waals surface area contributed by atoms with Gasteiger partial charge in [-0.2, -0.15) is 0 Å². The van der Waals surface area contributed by atoms with E-state index in [1.165, 1.54) is 25.9 Å². The normalized spacial score (nSPS) is 16.3. The van der Waals surface area contributed by atoms with Crippen molar-refractivity contribution in [2.45, 2.75) is 37.8 Å². The highest BCUT2D eigenvalue weighted by Crippen LogP contribution is 2.14. The average molecular weight is 267 g/mol. The number of likely N-dealkylation sites (tertiary alicyclic amines) is 1. The molecule has 2 heterocycles. The molecule has 0 amide bonds. The summed E-state index contributed by atoms with van der Waals surface area (Å²) in [6.45, 7) is 5.64. The maximum atomic E-state index is 11.5. The number of rotatable bonds is 6. The molecule has 1 fully saturated rings. The van der Waals surface area contributed by atoms with Crippen LogP contribution in [-0.4, -0.2) is 40.3 Å². The third-order valence-corrected chi connectivity index (χ3v) is 3.98. The van der Waals surface area contributed by atoms with Crippen LogP contribution in [0.3, 0.4) is 0 Å². The van der Waals surface area contributed by atoms with Gasteiger partial charge in [0, 0.05) is 24.1 Å². The first-order valence-electron chi connectivity index (χ1n) is 6.73. The molecule has 0 aliphatic carbocycles. The van der Waals surface area contributed by atoms with Crippen molar-refractivity contribution in [3.05, 3.63) is 22.1 Å². The quantitative estimate of drug-likeness (QED) is 0.632. The lowest BCUT2D eigenvalue weighted by molar-refractivity contribution is 0.362. The molecule has 2 rings (SSSR count). The Balaban J connectivity index is 1.85. The van der Waals surface area contributed by atoms with E-state index in [-0.39, 0.29) is 5.56 Å². The highest BCUT2D eigenvalue weighted by atomic mass is 32.2. The lowest BCUT2D eigenvalue weighted by Crippen LogP contribution is -2.22. The minimum absolute atomic E-state index is 0.0304. The molecular weight excluding hydrogens is 246 g/mol. The Hall–Kier alpha value is -0.810. The Morgan fingerprint density at radius 3 is 2.94 bits per heavy atom. The van der Waals surface area contributed by atoms with E-state index in [1.807, 2.05) is 0 Å². The van der Waals surface area contributed by atoms with E-state index in [0.29, 0.717) is 0 Å². The number of hydrogen-bond acceptors (Lipinski definition) is 4. The topological polar surface area (TPSA) is 49.0 Å². The Bertz CT molecular complexity index is 426. The summed E-state index contributed by atoms with van der Waals surface area (Å²) in [6, 6.07) is 1.61. The molecule has 0 spiro atoms. The zero-order chi connectivity index (χ0) is 12.8. The number of H-pyrrole nitrogens is 1. The molecule has 0 aromatic carbocycles. The van der Waals surface area contributed by atoms with Gasteiger partial charge in [-0.1, -0.05) is 25.1 Å². The van der Waals surface area contributed by atoms with E-state index >= 15 is 0 Å². The van der Waals surface area contributed by atoms with Crippen LogP contribution in [0.25, 0.3) is 0 Å². The third kappa shape index (κ3) is 4.14. The predicted molar refractivity (Wildman–Crippen MR) is 75.3 cm³/mol. The van der Waals surface area contributed by atoms with E-state index in [1.54, 1.807) is 17.8 Å². The molecule has 0 saturated carbocycles. The molecule has 5 heteroatoms.